The molecule has 184 valence electrons. The third kappa shape index (κ3) is 10.4. The predicted molar refractivity (Wildman–Crippen MR) is 138 cm³/mol. The second-order valence-corrected chi connectivity index (χ2v) is 10.4. The molecular weight excluding hydrogens is 534 g/mol. The first-order valence-corrected chi connectivity index (χ1v) is 13.6. The maximum absolute atomic E-state index is 3.70. The summed E-state index contributed by atoms with van der Waals surface area (Å²) in [5, 5.41) is 0. The van der Waals surface area contributed by atoms with Crippen LogP contribution in [0.5, 0.6) is 0 Å². The fourth-order valence-corrected chi connectivity index (χ4v) is 4.27. The van der Waals surface area contributed by atoms with Gasteiger partial charge in [0.05, 0.1) is 0 Å². The fraction of sp³-hybridized carbons (Fsp3) is 0.419. The van der Waals surface area contributed by atoms with Crippen LogP contribution in [0.3, 0.4) is 0 Å². The summed E-state index contributed by atoms with van der Waals surface area (Å²) in [6.07, 6.45) is 6.24. The molecule has 0 aliphatic heterocycles. The molecule has 1 aliphatic carbocycles. The molecule has 1 unspecified atom stereocenters. The zero-order valence-corrected chi connectivity index (χ0v) is 25.7. The molecule has 1 aliphatic rings. The zero-order valence-electron chi connectivity index (χ0n) is 21.7. The Morgan fingerprint density at radius 2 is 1.65 bits per heavy atom. The predicted octanol–water partition coefficient (Wildman–Crippen LogP) is 2.45. The van der Waals surface area contributed by atoms with E-state index in [4.69, 9.17) is 0 Å². The second-order valence-electron chi connectivity index (χ2n) is 9.38. The third-order valence-electron chi connectivity index (χ3n) is 6.40. The maximum Gasteiger partial charge on any atom is -0.0253 e. The van der Waals surface area contributed by atoms with Crippen molar-refractivity contribution in [1.29, 1.82) is 0 Å². The van der Waals surface area contributed by atoms with Crippen LogP contribution in [0, 0.1) is 31.7 Å². The van der Waals surface area contributed by atoms with Gasteiger partial charge in [-0.05, 0) is 55.2 Å². The van der Waals surface area contributed by atoms with Crippen LogP contribution in [-0.2, 0) is 37.1 Å². The normalized spacial score (nSPS) is 11.4. The zero-order chi connectivity index (χ0) is 23.5. The monoisotopic (exact) mass is 572 g/mol. The first kappa shape index (κ1) is 33.1. The number of rotatable bonds is 6. The Labute approximate surface area is 236 Å². The van der Waals surface area contributed by atoms with Crippen LogP contribution in [0.2, 0.25) is 0 Å². The van der Waals surface area contributed by atoms with Gasteiger partial charge in [-0.15, -0.1) is 11.1 Å². The van der Waals surface area contributed by atoms with Crippen molar-refractivity contribution < 1.29 is 49.0 Å². The van der Waals surface area contributed by atoms with Crippen LogP contribution in [0.25, 0.3) is 11.1 Å². The van der Waals surface area contributed by atoms with E-state index in [-0.39, 0.29) is 24.8 Å². The summed E-state index contributed by atoms with van der Waals surface area (Å²) >= 11 is 1.57. The van der Waals surface area contributed by atoms with E-state index in [2.05, 4.69) is 75.6 Å². The summed E-state index contributed by atoms with van der Waals surface area (Å²) < 4.78 is 2.30. The first-order valence-electron chi connectivity index (χ1n) is 12.2. The van der Waals surface area contributed by atoms with Crippen LogP contribution in [-0.4, -0.2) is 3.71 Å². The van der Waals surface area contributed by atoms with Crippen molar-refractivity contribution in [3.05, 3.63) is 88.5 Å². The largest absolute Gasteiger partial charge is 1.00 e. The molecular formula is C31H40Cl2Zr-2. The average molecular weight is 575 g/mol. The van der Waals surface area contributed by atoms with Crippen molar-refractivity contribution in [2.45, 2.75) is 73.6 Å². The molecule has 1 atom stereocenters. The summed E-state index contributed by atoms with van der Waals surface area (Å²) in [6.45, 7) is 13.6. The van der Waals surface area contributed by atoms with Gasteiger partial charge < -0.3 is 24.8 Å². The Hall–Kier alpha value is -0.877. The number of unbranched alkanes of at least 4 members (excludes halogenated alkanes) is 2. The number of aryl methyl sites for hydroxylation is 2. The summed E-state index contributed by atoms with van der Waals surface area (Å²) in [5.41, 5.74) is 9.84. The van der Waals surface area contributed by atoms with E-state index < -0.39 is 0 Å². The van der Waals surface area contributed by atoms with Gasteiger partial charge in [0.15, 0.2) is 0 Å². The standard InChI is InChI=1S/C21H25.C5H5.C5H10.2ClH.Zr/c1-13(2)14(3)8-17-6-7-20-19(11-17)12-18-9-15(4)16(5)10-21(18)20;1-2-4-5-3-1;1-3-5-4-2;;;/h6-7,9-10,13-14H,8,12H2,1-5H3;1-5H;1H,3-5H2,2H3;2*1H;/q2*-1;;;;+2/p-2. The van der Waals surface area contributed by atoms with Gasteiger partial charge in [-0.2, -0.15) is 42.0 Å². The smallest absolute Gasteiger partial charge is 0.0253 e. The Bertz CT molecular complexity index is 941. The quantitative estimate of drug-likeness (QED) is 0.245. The minimum absolute atomic E-state index is 0. The van der Waals surface area contributed by atoms with Gasteiger partial charge in [-0.3, -0.25) is 0 Å². The molecule has 0 radical (unpaired) electrons. The minimum Gasteiger partial charge on any atom is -1.00 e. The van der Waals surface area contributed by atoms with E-state index >= 15 is 0 Å². The van der Waals surface area contributed by atoms with Crippen molar-refractivity contribution in [2.75, 3.05) is 0 Å². The molecule has 3 aromatic carbocycles. The molecule has 0 saturated carbocycles. The Balaban J connectivity index is 0.000000700. The second kappa shape index (κ2) is 17.5. The minimum atomic E-state index is 0. The Morgan fingerprint density at radius 3 is 2.15 bits per heavy atom. The number of fused-ring (bicyclic) bond motifs is 3. The summed E-state index contributed by atoms with van der Waals surface area (Å²) in [7, 11) is 0. The molecule has 0 bridgehead atoms. The van der Waals surface area contributed by atoms with Gasteiger partial charge in [-0.1, -0.05) is 38.5 Å². The first-order chi connectivity index (χ1) is 15.4. The van der Waals surface area contributed by atoms with Crippen molar-refractivity contribution in [2.24, 2.45) is 11.8 Å². The number of halogens is 2. The van der Waals surface area contributed by atoms with Crippen LogP contribution in [0.15, 0.2) is 54.6 Å². The molecule has 0 nitrogen and oxygen atoms in total. The van der Waals surface area contributed by atoms with Crippen LogP contribution in [0.1, 0.15) is 74.8 Å². The SMILES string of the molecule is CCCC[CH]=[Zr+2].Cc1cc2c(cc1C)-c1ccc(CC(C)C(C)C)[c-]c1C2.[Cl-].[Cl-].c1cc[cH-]c1. The van der Waals surface area contributed by atoms with E-state index in [0.29, 0.717) is 5.92 Å². The molecule has 0 N–H and O–H groups in total. The molecule has 0 aromatic heterocycles. The summed E-state index contributed by atoms with van der Waals surface area (Å²) in [6, 6.07) is 23.0. The van der Waals surface area contributed by atoms with Crippen molar-refractivity contribution in [3.63, 3.8) is 0 Å². The average Bonchev–Trinajstić information content (AvgIpc) is 3.45. The molecule has 0 amide bonds. The van der Waals surface area contributed by atoms with E-state index in [1.807, 2.05) is 30.3 Å². The number of hydrogen-bond donors (Lipinski definition) is 0. The van der Waals surface area contributed by atoms with Gasteiger partial charge in [-0.25, -0.2) is 12.1 Å². The number of hydrogen-bond acceptors (Lipinski definition) is 0. The Kier molecular flexibility index (Phi) is 17.1. The Morgan fingerprint density at radius 1 is 1.00 bits per heavy atom. The molecule has 0 saturated heterocycles. The van der Waals surface area contributed by atoms with Crippen LogP contribution < -0.4 is 24.8 Å². The molecule has 0 spiro atoms. The van der Waals surface area contributed by atoms with Gasteiger partial charge in [0.2, 0.25) is 0 Å². The van der Waals surface area contributed by atoms with Crippen molar-refractivity contribution in [3.8, 4) is 11.1 Å². The van der Waals surface area contributed by atoms with E-state index in [9.17, 15) is 0 Å². The van der Waals surface area contributed by atoms with E-state index in [1.165, 1.54) is 58.2 Å². The molecule has 3 aromatic rings. The molecule has 4 rings (SSSR count). The van der Waals surface area contributed by atoms with Crippen molar-refractivity contribution >= 4 is 3.71 Å². The van der Waals surface area contributed by atoms with Gasteiger partial charge >= 0.3 is 54.1 Å². The van der Waals surface area contributed by atoms with Crippen molar-refractivity contribution in [1.82, 2.24) is 0 Å². The van der Waals surface area contributed by atoms with Gasteiger partial charge in [0.25, 0.3) is 0 Å². The summed E-state index contributed by atoms with van der Waals surface area (Å²) in [4.78, 5) is 0. The van der Waals surface area contributed by atoms with E-state index in [0.717, 1.165) is 18.8 Å². The van der Waals surface area contributed by atoms with E-state index in [1.54, 1.807) is 24.2 Å². The van der Waals surface area contributed by atoms with Crippen LogP contribution in [0.4, 0.5) is 0 Å². The van der Waals surface area contributed by atoms with Crippen LogP contribution >= 0.6 is 0 Å². The molecule has 0 heterocycles. The fourth-order valence-electron chi connectivity index (χ4n) is 3.77. The maximum atomic E-state index is 3.70. The van der Waals surface area contributed by atoms with Gasteiger partial charge in [0, 0.05) is 0 Å². The molecule has 3 heteroatoms. The summed E-state index contributed by atoms with van der Waals surface area (Å²) in [5.74, 6) is 1.45. The molecule has 0 fully saturated rings. The third-order valence-corrected chi connectivity index (χ3v) is 7.11. The topological polar surface area (TPSA) is 0 Å². The van der Waals surface area contributed by atoms with Gasteiger partial charge in [0.1, 0.15) is 0 Å². The molecule has 34 heavy (non-hydrogen) atoms. The number of benzene rings is 2.